The van der Waals surface area contributed by atoms with Crippen molar-refractivity contribution in [2.75, 3.05) is 5.32 Å². The fourth-order valence-electron chi connectivity index (χ4n) is 2.18. The van der Waals surface area contributed by atoms with Crippen LogP contribution in [0.1, 0.15) is 11.1 Å². The minimum absolute atomic E-state index is 0.325. The predicted octanol–water partition coefficient (Wildman–Crippen LogP) is 3.50. The highest BCUT2D eigenvalue weighted by Gasteiger charge is 2.05. The van der Waals surface area contributed by atoms with Crippen molar-refractivity contribution in [1.82, 2.24) is 9.55 Å². The molecule has 1 N–H and O–H groups in total. The number of imidazole rings is 1. The zero-order chi connectivity index (χ0) is 15.4. The molecule has 0 bridgehead atoms. The number of hydrogen-bond donors (Lipinski definition) is 1. The molecule has 3 aromatic rings. The molecule has 0 radical (unpaired) electrons. The molecule has 0 spiro atoms. The molecule has 0 aliphatic rings. The normalized spacial score (nSPS) is 10.2. The Morgan fingerprint density at radius 2 is 2.14 bits per heavy atom. The van der Waals surface area contributed by atoms with Crippen LogP contribution >= 0.6 is 0 Å². The van der Waals surface area contributed by atoms with Gasteiger partial charge < -0.3 is 9.88 Å². The molecule has 2 aromatic carbocycles. The molecular weight excluding hydrogens is 279 g/mol. The first-order valence-corrected chi connectivity index (χ1v) is 6.77. The van der Waals surface area contributed by atoms with Gasteiger partial charge in [-0.25, -0.2) is 9.37 Å². The second-order valence-corrected chi connectivity index (χ2v) is 4.80. The molecule has 22 heavy (non-hydrogen) atoms. The molecule has 4 nitrogen and oxygen atoms in total. The minimum atomic E-state index is -0.325. The molecule has 0 fully saturated rings. The van der Waals surface area contributed by atoms with Crippen molar-refractivity contribution in [3.8, 4) is 11.8 Å². The van der Waals surface area contributed by atoms with Crippen molar-refractivity contribution in [1.29, 1.82) is 5.26 Å². The van der Waals surface area contributed by atoms with Gasteiger partial charge in [0.05, 0.1) is 23.6 Å². The van der Waals surface area contributed by atoms with Crippen LogP contribution in [0.3, 0.4) is 0 Å². The molecule has 0 atom stereocenters. The molecule has 0 unspecified atom stereocenters. The Morgan fingerprint density at radius 3 is 2.86 bits per heavy atom. The first-order valence-electron chi connectivity index (χ1n) is 6.77. The van der Waals surface area contributed by atoms with E-state index in [1.807, 2.05) is 24.3 Å². The van der Waals surface area contributed by atoms with Crippen LogP contribution in [0.5, 0.6) is 0 Å². The molecule has 0 saturated heterocycles. The van der Waals surface area contributed by atoms with Crippen molar-refractivity contribution in [2.45, 2.75) is 6.54 Å². The van der Waals surface area contributed by atoms with Crippen molar-refractivity contribution in [2.24, 2.45) is 0 Å². The largest absolute Gasteiger partial charge is 0.381 e. The Bertz CT molecular complexity index is 819. The van der Waals surface area contributed by atoms with Crippen LogP contribution in [0.4, 0.5) is 10.1 Å². The fourth-order valence-corrected chi connectivity index (χ4v) is 2.18. The Labute approximate surface area is 127 Å². The Kier molecular flexibility index (Phi) is 3.84. The van der Waals surface area contributed by atoms with Gasteiger partial charge in [-0.05, 0) is 35.9 Å². The molecular formula is C17H13FN4. The molecule has 5 heteroatoms. The van der Waals surface area contributed by atoms with E-state index in [2.05, 4.69) is 16.4 Å². The van der Waals surface area contributed by atoms with Gasteiger partial charge in [-0.1, -0.05) is 12.1 Å². The first-order chi connectivity index (χ1) is 10.8. The van der Waals surface area contributed by atoms with E-state index in [-0.39, 0.29) is 5.82 Å². The Hall–Kier alpha value is -3.13. The number of nitrogens with one attached hydrogen (secondary N) is 1. The van der Waals surface area contributed by atoms with Crippen molar-refractivity contribution < 1.29 is 4.39 Å². The monoisotopic (exact) mass is 292 g/mol. The van der Waals surface area contributed by atoms with Gasteiger partial charge in [0.25, 0.3) is 0 Å². The van der Waals surface area contributed by atoms with Gasteiger partial charge >= 0.3 is 0 Å². The quantitative estimate of drug-likeness (QED) is 0.800. The van der Waals surface area contributed by atoms with E-state index in [4.69, 9.17) is 5.26 Å². The van der Waals surface area contributed by atoms with Gasteiger partial charge in [0.2, 0.25) is 0 Å². The van der Waals surface area contributed by atoms with E-state index >= 15 is 0 Å². The lowest BCUT2D eigenvalue weighted by Crippen LogP contribution is -2.01. The number of aromatic nitrogens is 2. The van der Waals surface area contributed by atoms with E-state index in [0.29, 0.717) is 23.5 Å². The van der Waals surface area contributed by atoms with Crippen LogP contribution in [0, 0.1) is 17.1 Å². The lowest BCUT2D eigenvalue weighted by Gasteiger charge is -2.09. The van der Waals surface area contributed by atoms with Gasteiger partial charge in [-0.2, -0.15) is 5.26 Å². The van der Waals surface area contributed by atoms with Crippen molar-refractivity contribution >= 4 is 5.69 Å². The third-order valence-corrected chi connectivity index (χ3v) is 3.28. The summed E-state index contributed by atoms with van der Waals surface area (Å²) in [5.74, 6) is -0.325. The second-order valence-electron chi connectivity index (χ2n) is 4.80. The van der Waals surface area contributed by atoms with E-state index in [1.54, 1.807) is 35.4 Å². The summed E-state index contributed by atoms with van der Waals surface area (Å²) >= 11 is 0. The maximum absolute atomic E-state index is 14.1. The number of nitriles is 1. The van der Waals surface area contributed by atoms with Crippen molar-refractivity contribution in [3.63, 3.8) is 0 Å². The summed E-state index contributed by atoms with van der Waals surface area (Å²) in [5.41, 5.74) is 2.72. The van der Waals surface area contributed by atoms with Gasteiger partial charge in [-0.3, -0.25) is 0 Å². The summed E-state index contributed by atoms with van der Waals surface area (Å²) in [4.78, 5) is 3.91. The number of hydrogen-bond acceptors (Lipinski definition) is 3. The van der Waals surface area contributed by atoms with Crippen LogP contribution in [0.25, 0.3) is 5.69 Å². The first kappa shape index (κ1) is 13.8. The number of nitrogens with zero attached hydrogens (tertiary/aromatic N) is 3. The smallest absolute Gasteiger partial charge is 0.149 e. The molecule has 3 rings (SSSR count). The summed E-state index contributed by atoms with van der Waals surface area (Å²) in [6, 6.07) is 14.4. The van der Waals surface area contributed by atoms with Crippen LogP contribution in [-0.2, 0) is 6.54 Å². The third-order valence-electron chi connectivity index (χ3n) is 3.28. The van der Waals surface area contributed by atoms with Crippen LogP contribution in [-0.4, -0.2) is 9.55 Å². The number of rotatable bonds is 4. The highest BCUT2D eigenvalue weighted by atomic mass is 19.1. The summed E-state index contributed by atoms with van der Waals surface area (Å²) in [7, 11) is 0. The lowest BCUT2D eigenvalue weighted by atomic mass is 10.1. The summed E-state index contributed by atoms with van der Waals surface area (Å²) in [6.45, 7) is 0.527. The zero-order valence-electron chi connectivity index (χ0n) is 11.7. The van der Waals surface area contributed by atoms with Crippen molar-refractivity contribution in [3.05, 3.63) is 78.1 Å². The minimum Gasteiger partial charge on any atom is -0.381 e. The fraction of sp³-hybridized carbons (Fsp3) is 0.0588. The molecule has 0 saturated carbocycles. The summed E-state index contributed by atoms with van der Waals surface area (Å²) in [5, 5.41) is 12.0. The van der Waals surface area contributed by atoms with Crippen LogP contribution in [0.2, 0.25) is 0 Å². The molecule has 0 aliphatic heterocycles. The third kappa shape index (κ3) is 2.96. The van der Waals surface area contributed by atoms with E-state index < -0.39 is 0 Å². The highest BCUT2D eigenvalue weighted by molar-refractivity contribution is 5.50. The van der Waals surface area contributed by atoms with Crippen LogP contribution < -0.4 is 5.32 Å². The van der Waals surface area contributed by atoms with Gasteiger partial charge in [0, 0.05) is 24.6 Å². The van der Waals surface area contributed by atoms with Gasteiger partial charge in [0.1, 0.15) is 5.82 Å². The number of anilines is 1. The van der Waals surface area contributed by atoms with E-state index in [1.165, 1.54) is 6.07 Å². The maximum Gasteiger partial charge on any atom is 0.149 e. The summed E-state index contributed by atoms with van der Waals surface area (Å²) in [6.07, 6.45) is 4.85. The molecule has 108 valence electrons. The average molecular weight is 292 g/mol. The Balaban J connectivity index is 1.73. The number of benzene rings is 2. The average Bonchev–Trinajstić information content (AvgIpc) is 3.07. The predicted molar refractivity (Wildman–Crippen MR) is 82.0 cm³/mol. The van der Waals surface area contributed by atoms with Gasteiger partial charge in [-0.15, -0.1) is 0 Å². The molecule has 1 aromatic heterocycles. The zero-order valence-corrected chi connectivity index (χ0v) is 11.7. The maximum atomic E-state index is 14.1. The topological polar surface area (TPSA) is 53.6 Å². The van der Waals surface area contributed by atoms with Gasteiger partial charge in [0.15, 0.2) is 0 Å². The van der Waals surface area contributed by atoms with E-state index in [0.717, 1.165) is 5.56 Å². The molecule has 0 amide bonds. The standard InChI is InChI=1S/C17H13FN4/c18-16-9-15(4-5-17(16)22-7-6-20-12-22)21-11-14-3-1-2-13(8-14)10-19/h1-9,12,21H,11H2. The SMILES string of the molecule is N#Cc1cccc(CNc2ccc(-n3ccnc3)c(F)c2)c1. The molecule has 0 aliphatic carbocycles. The van der Waals surface area contributed by atoms with Crippen LogP contribution in [0.15, 0.2) is 61.2 Å². The summed E-state index contributed by atoms with van der Waals surface area (Å²) < 4.78 is 15.7. The van der Waals surface area contributed by atoms with E-state index in [9.17, 15) is 4.39 Å². The second kappa shape index (κ2) is 6.10. The molecule has 1 heterocycles. The lowest BCUT2D eigenvalue weighted by molar-refractivity contribution is 0.618. The number of halogens is 1. The Morgan fingerprint density at radius 1 is 1.23 bits per heavy atom. The highest BCUT2D eigenvalue weighted by Crippen LogP contribution is 2.18.